The molecular weight excluding hydrogens is 282 g/mol. The number of ether oxygens (including phenoxy) is 1. The number of esters is 1. The predicted octanol–water partition coefficient (Wildman–Crippen LogP) is 2.78. The van der Waals surface area contributed by atoms with E-state index in [-0.39, 0.29) is 6.61 Å². The van der Waals surface area contributed by atoms with Crippen molar-refractivity contribution in [3.63, 3.8) is 0 Å². The van der Waals surface area contributed by atoms with Crippen molar-refractivity contribution in [2.75, 3.05) is 6.61 Å². The van der Waals surface area contributed by atoms with Crippen LogP contribution in [0.2, 0.25) is 0 Å². The van der Waals surface area contributed by atoms with Gasteiger partial charge < -0.3 is 14.7 Å². The number of rotatable bonds is 7. The van der Waals surface area contributed by atoms with Crippen molar-refractivity contribution in [3.05, 3.63) is 35.9 Å². The predicted molar refractivity (Wildman–Crippen MR) is 85.3 cm³/mol. The molecule has 0 aromatic heterocycles. The Balaban J connectivity index is 2.60. The van der Waals surface area contributed by atoms with E-state index in [0.717, 1.165) is 5.56 Å². The largest absolute Gasteiger partial charge is 0.466 e. The van der Waals surface area contributed by atoms with E-state index in [9.17, 15) is 9.90 Å². The average Bonchev–Trinajstić information content (AvgIpc) is 2.43. The van der Waals surface area contributed by atoms with Crippen LogP contribution in [-0.2, 0) is 21.0 Å². The Kier molecular flexibility index (Phi) is 7.05. The van der Waals surface area contributed by atoms with Gasteiger partial charge in [0.2, 0.25) is 0 Å². The molecule has 2 unspecified atom stereocenters. The number of benzene rings is 1. The molecule has 0 saturated heterocycles. The molecule has 0 bridgehead atoms. The minimum Gasteiger partial charge on any atom is -0.466 e. The Morgan fingerprint density at radius 3 is 2.50 bits per heavy atom. The summed E-state index contributed by atoms with van der Waals surface area (Å²) >= 11 is 0. The van der Waals surface area contributed by atoms with Crippen LogP contribution < -0.4 is 0 Å². The SMILES string of the molecule is CCOC(=O)C(C(O)/C=N/OCc1ccccc1)C(C)(C)C. The molecular formula is C17H25NO4. The first kappa shape index (κ1) is 18.2. The Bertz CT molecular complexity index is 479. The minimum absolute atomic E-state index is 0.278. The molecule has 0 amide bonds. The maximum Gasteiger partial charge on any atom is 0.312 e. The van der Waals surface area contributed by atoms with Crippen LogP contribution in [-0.4, -0.2) is 30.0 Å². The van der Waals surface area contributed by atoms with E-state index in [4.69, 9.17) is 9.57 Å². The Labute approximate surface area is 131 Å². The lowest BCUT2D eigenvalue weighted by Gasteiger charge is -2.30. The van der Waals surface area contributed by atoms with Crippen LogP contribution in [0.3, 0.4) is 0 Å². The average molecular weight is 307 g/mol. The molecule has 5 heteroatoms. The summed E-state index contributed by atoms with van der Waals surface area (Å²) in [6.07, 6.45) is 0.185. The summed E-state index contributed by atoms with van der Waals surface area (Å²) < 4.78 is 5.03. The number of carbonyl (C=O) groups excluding carboxylic acids is 1. The van der Waals surface area contributed by atoms with E-state index in [2.05, 4.69) is 5.16 Å². The van der Waals surface area contributed by atoms with E-state index < -0.39 is 23.4 Å². The lowest BCUT2D eigenvalue weighted by molar-refractivity contribution is -0.155. The zero-order chi connectivity index (χ0) is 16.6. The minimum atomic E-state index is -1.06. The van der Waals surface area contributed by atoms with E-state index in [1.54, 1.807) is 6.92 Å². The summed E-state index contributed by atoms with van der Waals surface area (Å²) in [5, 5.41) is 14.0. The standard InChI is InChI=1S/C17H25NO4/c1-5-21-16(20)15(17(2,3)4)14(19)11-18-22-12-13-9-7-6-8-10-13/h6-11,14-15,19H,5,12H2,1-4H3/b18-11+. The van der Waals surface area contributed by atoms with Crippen molar-refractivity contribution in [2.24, 2.45) is 16.5 Å². The smallest absolute Gasteiger partial charge is 0.312 e. The quantitative estimate of drug-likeness (QED) is 0.478. The van der Waals surface area contributed by atoms with E-state index in [1.807, 2.05) is 51.1 Å². The second-order valence-electron chi connectivity index (χ2n) is 6.10. The van der Waals surface area contributed by atoms with Gasteiger partial charge in [-0.15, -0.1) is 0 Å². The van der Waals surface area contributed by atoms with E-state index >= 15 is 0 Å². The lowest BCUT2D eigenvalue weighted by atomic mass is 9.77. The molecule has 1 aromatic rings. The Morgan fingerprint density at radius 2 is 1.95 bits per heavy atom. The van der Waals surface area contributed by atoms with Crippen molar-refractivity contribution in [2.45, 2.75) is 40.4 Å². The zero-order valence-electron chi connectivity index (χ0n) is 13.7. The van der Waals surface area contributed by atoms with Crippen LogP contribution >= 0.6 is 0 Å². The summed E-state index contributed by atoms with van der Waals surface area (Å²) in [5.74, 6) is -1.13. The first-order valence-electron chi connectivity index (χ1n) is 7.40. The maximum absolute atomic E-state index is 12.0. The number of aliphatic hydroxyl groups excluding tert-OH is 1. The molecule has 1 aromatic carbocycles. The number of oxime groups is 1. The summed E-state index contributed by atoms with van der Waals surface area (Å²) in [7, 11) is 0. The molecule has 0 heterocycles. The van der Waals surface area contributed by atoms with Gasteiger partial charge in [0.1, 0.15) is 12.7 Å². The van der Waals surface area contributed by atoms with E-state index in [0.29, 0.717) is 6.61 Å². The Morgan fingerprint density at radius 1 is 1.32 bits per heavy atom. The molecule has 122 valence electrons. The molecule has 1 N–H and O–H groups in total. The highest BCUT2D eigenvalue weighted by atomic mass is 16.6. The summed E-state index contributed by atoms with van der Waals surface area (Å²) in [6, 6.07) is 9.58. The van der Waals surface area contributed by atoms with Gasteiger partial charge in [0, 0.05) is 0 Å². The van der Waals surface area contributed by atoms with Crippen LogP contribution in [0.4, 0.5) is 0 Å². The van der Waals surface area contributed by atoms with Crippen molar-refractivity contribution in [1.29, 1.82) is 0 Å². The second kappa shape index (κ2) is 8.54. The second-order valence-corrected chi connectivity index (χ2v) is 6.10. The molecule has 0 saturated carbocycles. The molecule has 0 aliphatic carbocycles. The first-order chi connectivity index (χ1) is 10.4. The van der Waals surface area contributed by atoms with Gasteiger partial charge in [-0.2, -0.15) is 0 Å². The van der Waals surface area contributed by atoms with Crippen molar-refractivity contribution < 1.29 is 19.5 Å². The van der Waals surface area contributed by atoms with Crippen LogP contribution in [0.1, 0.15) is 33.3 Å². The van der Waals surface area contributed by atoms with Gasteiger partial charge in [0.25, 0.3) is 0 Å². The monoisotopic (exact) mass is 307 g/mol. The van der Waals surface area contributed by atoms with Crippen molar-refractivity contribution in [3.8, 4) is 0 Å². The molecule has 0 aliphatic rings. The number of nitrogens with zero attached hydrogens (tertiary/aromatic N) is 1. The molecule has 22 heavy (non-hydrogen) atoms. The third-order valence-corrected chi connectivity index (χ3v) is 3.18. The maximum atomic E-state index is 12.0. The summed E-state index contributed by atoms with van der Waals surface area (Å²) in [5.41, 5.74) is 0.531. The van der Waals surface area contributed by atoms with Gasteiger partial charge in [0.15, 0.2) is 0 Å². The van der Waals surface area contributed by atoms with Gasteiger partial charge >= 0.3 is 5.97 Å². The van der Waals surface area contributed by atoms with Crippen molar-refractivity contribution >= 4 is 12.2 Å². The summed E-state index contributed by atoms with van der Waals surface area (Å²) in [4.78, 5) is 17.2. The fraction of sp³-hybridized carbons (Fsp3) is 0.529. The normalized spacial score (nSPS) is 14.6. The molecule has 5 nitrogen and oxygen atoms in total. The molecule has 0 spiro atoms. The van der Waals surface area contributed by atoms with Gasteiger partial charge in [-0.25, -0.2) is 0 Å². The van der Waals surface area contributed by atoms with Crippen LogP contribution in [0.15, 0.2) is 35.5 Å². The number of hydrogen-bond acceptors (Lipinski definition) is 5. The molecule has 0 fully saturated rings. The molecule has 0 aliphatic heterocycles. The highest BCUT2D eigenvalue weighted by Crippen LogP contribution is 2.29. The molecule has 0 radical (unpaired) electrons. The van der Waals surface area contributed by atoms with Crippen LogP contribution in [0.5, 0.6) is 0 Å². The number of carbonyl (C=O) groups is 1. The summed E-state index contributed by atoms with van der Waals surface area (Å²) in [6.45, 7) is 7.94. The fourth-order valence-corrected chi connectivity index (χ4v) is 2.11. The third kappa shape index (κ3) is 5.85. The highest BCUT2D eigenvalue weighted by molar-refractivity contribution is 5.79. The van der Waals surface area contributed by atoms with Gasteiger partial charge in [-0.1, -0.05) is 56.3 Å². The highest BCUT2D eigenvalue weighted by Gasteiger charge is 2.37. The lowest BCUT2D eigenvalue weighted by Crippen LogP contribution is -2.40. The number of aliphatic hydroxyl groups is 1. The fourth-order valence-electron chi connectivity index (χ4n) is 2.11. The Hall–Kier alpha value is -1.88. The molecule has 2 atom stereocenters. The zero-order valence-corrected chi connectivity index (χ0v) is 13.7. The topological polar surface area (TPSA) is 68.1 Å². The van der Waals surface area contributed by atoms with Crippen molar-refractivity contribution in [1.82, 2.24) is 0 Å². The van der Waals surface area contributed by atoms with Crippen LogP contribution in [0.25, 0.3) is 0 Å². The van der Waals surface area contributed by atoms with Gasteiger partial charge in [-0.05, 0) is 17.9 Å². The third-order valence-electron chi connectivity index (χ3n) is 3.18. The van der Waals surface area contributed by atoms with Gasteiger partial charge in [0.05, 0.1) is 18.7 Å². The molecule has 1 rings (SSSR count). The van der Waals surface area contributed by atoms with E-state index in [1.165, 1.54) is 6.21 Å². The number of hydrogen-bond donors (Lipinski definition) is 1. The van der Waals surface area contributed by atoms with Crippen LogP contribution in [0, 0.1) is 11.3 Å². The first-order valence-corrected chi connectivity index (χ1v) is 7.40. The van der Waals surface area contributed by atoms with Gasteiger partial charge in [-0.3, -0.25) is 4.79 Å².